The van der Waals surface area contributed by atoms with Crippen molar-refractivity contribution in [3.05, 3.63) is 0 Å². The first-order valence-electron chi connectivity index (χ1n) is 5.59. The Hall–Kier alpha value is -0.0800. The zero-order valence-corrected chi connectivity index (χ0v) is 10.1. The molecule has 1 saturated carbocycles. The molecular formula is C12H24O2. The lowest BCUT2D eigenvalue weighted by Gasteiger charge is -2.27. The number of ether oxygens (including phenoxy) is 1. The standard InChI is InChI=1S/C12H24O2/c1-11(2,3)14-10-7-6-9(8-10)12(4,5)13/h9-10,13H,6-8H2,1-5H3/t9-,10+/m0/s1. The monoisotopic (exact) mass is 200 g/mol. The molecule has 0 aromatic carbocycles. The van der Waals surface area contributed by atoms with Crippen molar-refractivity contribution < 1.29 is 9.84 Å². The maximum Gasteiger partial charge on any atom is 0.0620 e. The van der Waals surface area contributed by atoms with Crippen LogP contribution in [0.5, 0.6) is 0 Å². The van der Waals surface area contributed by atoms with Gasteiger partial charge in [0, 0.05) is 0 Å². The molecule has 0 aromatic rings. The Balaban J connectivity index is 2.42. The minimum Gasteiger partial charge on any atom is -0.390 e. The quantitative estimate of drug-likeness (QED) is 0.742. The van der Waals surface area contributed by atoms with Gasteiger partial charge in [-0.15, -0.1) is 0 Å². The van der Waals surface area contributed by atoms with Gasteiger partial charge in [-0.3, -0.25) is 0 Å². The molecule has 1 N–H and O–H groups in total. The predicted molar refractivity (Wildman–Crippen MR) is 58.3 cm³/mol. The Morgan fingerprint density at radius 3 is 2.00 bits per heavy atom. The van der Waals surface area contributed by atoms with E-state index in [0.717, 1.165) is 19.3 Å². The van der Waals surface area contributed by atoms with Gasteiger partial charge in [0.25, 0.3) is 0 Å². The molecule has 1 rings (SSSR count). The summed E-state index contributed by atoms with van der Waals surface area (Å²) >= 11 is 0. The van der Waals surface area contributed by atoms with E-state index in [0.29, 0.717) is 12.0 Å². The highest BCUT2D eigenvalue weighted by Crippen LogP contribution is 2.36. The molecule has 0 aliphatic heterocycles. The minimum absolute atomic E-state index is 0.0564. The molecule has 0 amide bonds. The molecule has 1 aliphatic carbocycles. The van der Waals surface area contributed by atoms with Crippen LogP contribution < -0.4 is 0 Å². The molecule has 0 saturated heterocycles. The van der Waals surface area contributed by atoms with Crippen molar-refractivity contribution >= 4 is 0 Å². The van der Waals surface area contributed by atoms with E-state index in [1.165, 1.54) is 0 Å². The highest BCUT2D eigenvalue weighted by molar-refractivity contribution is 4.87. The van der Waals surface area contributed by atoms with Crippen molar-refractivity contribution in [2.75, 3.05) is 0 Å². The van der Waals surface area contributed by atoms with E-state index >= 15 is 0 Å². The first-order chi connectivity index (χ1) is 6.18. The van der Waals surface area contributed by atoms with Crippen molar-refractivity contribution in [2.45, 2.75) is 71.2 Å². The van der Waals surface area contributed by atoms with E-state index in [-0.39, 0.29) is 5.60 Å². The second-order valence-electron chi connectivity index (χ2n) is 6.02. The predicted octanol–water partition coefficient (Wildman–Crippen LogP) is 2.74. The molecule has 2 heteroatoms. The topological polar surface area (TPSA) is 29.5 Å². The smallest absolute Gasteiger partial charge is 0.0620 e. The number of aliphatic hydroxyl groups is 1. The number of hydrogen-bond donors (Lipinski definition) is 1. The van der Waals surface area contributed by atoms with Gasteiger partial charge in [0.1, 0.15) is 0 Å². The van der Waals surface area contributed by atoms with Crippen LogP contribution >= 0.6 is 0 Å². The Labute approximate surface area is 87.7 Å². The van der Waals surface area contributed by atoms with Crippen molar-refractivity contribution in [2.24, 2.45) is 5.92 Å². The highest BCUT2D eigenvalue weighted by atomic mass is 16.5. The molecule has 1 aliphatic rings. The fraction of sp³-hybridized carbons (Fsp3) is 1.00. The summed E-state index contributed by atoms with van der Waals surface area (Å²) < 4.78 is 5.91. The third-order valence-electron chi connectivity index (χ3n) is 2.90. The van der Waals surface area contributed by atoms with Gasteiger partial charge in [-0.25, -0.2) is 0 Å². The average molecular weight is 200 g/mol. The summed E-state index contributed by atoms with van der Waals surface area (Å²) in [5, 5.41) is 9.88. The second-order valence-corrected chi connectivity index (χ2v) is 6.02. The average Bonchev–Trinajstić information content (AvgIpc) is 2.29. The first-order valence-corrected chi connectivity index (χ1v) is 5.59. The Bertz CT molecular complexity index is 185. The summed E-state index contributed by atoms with van der Waals surface area (Å²) in [5.74, 6) is 0.398. The van der Waals surface area contributed by atoms with Gasteiger partial charge in [0.15, 0.2) is 0 Å². The van der Waals surface area contributed by atoms with Crippen molar-refractivity contribution in [1.82, 2.24) is 0 Å². The van der Waals surface area contributed by atoms with Crippen LogP contribution in [0.4, 0.5) is 0 Å². The van der Waals surface area contributed by atoms with Crippen LogP contribution in [0.15, 0.2) is 0 Å². The zero-order chi connectivity index (χ0) is 11.0. The second kappa shape index (κ2) is 3.82. The van der Waals surface area contributed by atoms with Crippen LogP contribution in [-0.2, 0) is 4.74 Å². The van der Waals surface area contributed by atoms with Crippen LogP contribution in [0.1, 0.15) is 53.9 Å². The van der Waals surface area contributed by atoms with Gasteiger partial charge >= 0.3 is 0 Å². The van der Waals surface area contributed by atoms with Crippen LogP contribution in [0.3, 0.4) is 0 Å². The molecule has 0 radical (unpaired) electrons. The summed E-state index contributed by atoms with van der Waals surface area (Å²) in [6.45, 7) is 10.1. The molecule has 0 bridgehead atoms. The van der Waals surface area contributed by atoms with Crippen LogP contribution in [0.25, 0.3) is 0 Å². The molecule has 0 heterocycles. The van der Waals surface area contributed by atoms with Crippen molar-refractivity contribution in [1.29, 1.82) is 0 Å². The van der Waals surface area contributed by atoms with Gasteiger partial charge in [-0.1, -0.05) is 0 Å². The molecule has 84 valence electrons. The first kappa shape index (κ1) is 12.0. The van der Waals surface area contributed by atoms with Gasteiger partial charge in [-0.2, -0.15) is 0 Å². The summed E-state index contributed by atoms with van der Waals surface area (Å²) in [7, 11) is 0. The Kier molecular flexibility index (Phi) is 3.27. The van der Waals surface area contributed by atoms with Gasteiger partial charge in [0.2, 0.25) is 0 Å². The molecule has 0 unspecified atom stereocenters. The molecule has 2 nitrogen and oxygen atoms in total. The lowest BCUT2D eigenvalue weighted by molar-refractivity contribution is -0.0643. The van der Waals surface area contributed by atoms with E-state index in [9.17, 15) is 5.11 Å². The van der Waals surface area contributed by atoms with E-state index in [1.54, 1.807) is 0 Å². The normalized spacial score (nSPS) is 29.6. The highest BCUT2D eigenvalue weighted by Gasteiger charge is 2.36. The third kappa shape index (κ3) is 3.58. The van der Waals surface area contributed by atoms with E-state index in [1.807, 2.05) is 13.8 Å². The molecular weight excluding hydrogens is 176 g/mol. The maximum absolute atomic E-state index is 9.88. The van der Waals surface area contributed by atoms with Gasteiger partial charge < -0.3 is 9.84 Å². The molecule has 1 fully saturated rings. The van der Waals surface area contributed by atoms with Crippen LogP contribution in [-0.4, -0.2) is 22.4 Å². The molecule has 14 heavy (non-hydrogen) atoms. The summed E-state index contributed by atoms with van der Waals surface area (Å²) in [5.41, 5.74) is -0.602. The Morgan fingerprint density at radius 1 is 1.07 bits per heavy atom. The molecule has 0 aromatic heterocycles. The van der Waals surface area contributed by atoms with Gasteiger partial charge in [0.05, 0.1) is 17.3 Å². The fourth-order valence-electron chi connectivity index (χ4n) is 2.19. The van der Waals surface area contributed by atoms with E-state index in [4.69, 9.17) is 4.74 Å². The summed E-state index contributed by atoms with van der Waals surface area (Å²) in [6.07, 6.45) is 3.52. The van der Waals surface area contributed by atoms with E-state index < -0.39 is 5.60 Å². The third-order valence-corrected chi connectivity index (χ3v) is 2.90. The SMILES string of the molecule is CC(C)(C)O[C@@H]1CC[C@H](C(C)(C)O)C1. The van der Waals surface area contributed by atoms with Crippen LogP contribution in [0.2, 0.25) is 0 Å². The summed E-state index contributed by atoms with van der Waals surface area (Å²) in [6, 6.07) is 0. The van der Waals surface area contributed by atoms with Crippen molar-refractivity contribution in [3.8, 4) is 0 Å². The van der Waals surface area contributed by atoms with Crippen LogP contribution in [0, 0.1) is 5.92 Å². The zero-order valence-electron chi connectivity index (χ0n) is 10.1. The maximum atomic E-state index is 9.88. The Morgan fingerprint density at radius 2 is 1.64 bits per heavy atom. The van der Waals surface area contributed by atoms with E-state index in [2.05, 4.69) is 20.8 Å². The summed E-state index contributed by atoms with van der Waals surface area (Å²) in [4.78, 5) is 0. The van der Waals surface area contributed by atoms with Crippen molar-refractivity contribution in [3.63, 3.8) is 0 Å². The van der Waals surface area contributed by atoms with Gasteiger partial charge in [-0.05, 0) is 59.8 Å². The largest absolute Gasteiger partial charge is 0.390 e. The lowest BCUT2D eigenvalue weighted by Crippen LogP contribution is -2.31. The number of hydrogen-bond acceptors (Lipinski definition) is 2. The minimum atomic E-state index is -0.546. The number of rotatable bonds is 2. The molecule has 0 spiro atoms. The fourth-order valence-corrected chi connectivity index (χ4v) is 2.19. The lowest BCUT2D eigenvalue weighted by atomic mass is 9.90. The molecule has 2 atom stereocenters.